The molecule has 0 saturated carbocycles. The SMILES string of the molecule is CCCCC/C(CCCCCCC/C(CCCCC)=N/NC(N)=O)=N/NC(N)=O. The molecule has 8 nitrogen and oxygen atoms in total. The monoisotopic (exact) mass is 410 g/mol. The number of primary amides is 2. The van der Waals surface area contributed by atoms with E-state index in [0.717, 1.165) is 94.9 Å². The van der Waals surface area contributed by atoms with E-state index in [1.165, 1.54) is 12.8 Å². The van der Waals surface area contributed by atoms with Crippen LogP contribution in [0, 0.1) is 0 Å². The molecule has 29 heavy (non-hydrogen) atoms. The maximum Gasteiger partial charge on any atom is 0.332 e. The minimum atomic E-state index is -0.611. The van der Waals surface area contributed by atoms with Crippen LogP contribution < -0.4 is 22.3 Å². The average molecular weight is 411 g/mol. The molecule has 0 aliphatic carbocycles. The lowest BCUT2D eigenvalue weighted by Crippen LogP contribution is -2.25. The molecule has 0 aliphatic rings. The maximum absolute atomic E-state index is 10.9. The van der Waals surface area contributed by atoms with Crippen LogP contribution in [0.25, 0.3) is 0 Å². The van der Waals surface area contributed by atoms with Gasteiger partial charge in [0.2, 0.25) is 0 Å². The molecule has 0 aromatic carbocycles. The van der Waals surface area contributed by atoms with Gasteiger partial charge in [0.1, 0.15) is 0 Å². The number of hydrogen-bond acceptors (Lipinski definition) is 4. The molecule has 0 rings (SSSR count). The summed E-state index contributed by atoms with van der Waals surface area (Å²) >= 11 is 0. The van der Waals surface area contributed by atoms with E-state index in [4.69, 9.17) is 11.5 Å². The summed E-state index contributed by atoms with van der Waals surface area (Å²) in [5, 5.41) is 8.31. The quantitative estimate of drug-likeness (QED) is 0.145. The Hall–Kier alpha value is -2.12. The van der Waals surface area contributed by atoms with Crippen molar-refractivity contribution in [2.24, 2.45) is 21.7 Å². The van der Waals surface area contributed by atoms with Crippen LogP contribution in [0.15, 0.2) is 10.2 Å². The van der Waals surface area contributed by atoms with Gasteiger partial charge in [-0.05, 0) is 51.4 Å². The van der Waals surface area contributed by atoms with Crippen LogP contribution in [0.4, 0.5) is 9.59 Å². The van der Waals surface area contributed by atoms with Gasteiger partial charge in [0.25, 0.3) is 0 Å². The largest absolute Gasteiger partial charge is 0.350 e. The summed E-state index contributed by atoms with van der Waals surface area (Å²) in [6.45, 7) is 4.34. The van der Waals surface area contributed by atoms with Gasteiger partial charge in [-0.1, -0.05) is 58.8 Å². The lowest BCUT2D eigenvalue weighted by molar-refractivity contribution is 0.248. The summed E-state index contributed by atoms with van der Waals surface area (Å²) in [7, 11) is 0. The number of unbranched alkanes of at least 4 members (excludes halogenated alkanes) is 8. The fourth-order valence-electron chi connectivity index (χ4n) is 3.09. The van der Waals surface area contributed by atoms with Crippen LogP contribution in [0.2, 0.25) is 0 Å². The highest BCUT2D eigenvalue weighted by atomic mass is 16.2. The Kier molecular flexibility index (Phi) is 17.8. The van der Waals surface area contributed by atoms with Gasteiger partial charge in [-0.15, -0.1) is 0 Å². The molecule has 0 aromatic heterocycles. The van der Waals surface area contributed by atoms with Crippen molar-refractivity contribution in [3.63, 3.8) is 0 Å². The number of nitrogens with one attached hydrogen (secondary N) is 2. The fourth-order valence-corrected chi connectivity index (χ4v) is 3.09. The van der Waals surface area contributed by atoms with E-state index in [1.54, 1.807) is 0 Å². The molecule has 8 heteroatoms. The predicted molar refractivity (Wildman–Crippen MR) is 121 cm³/mol. The highest BCUT2D eigenvalue weighted by molar-refractivity contribution is 5.86. The standard InChI is InChI=1S/C21H42N6O2/c1-3-5-10-14-18(24-26-20(22)28)16-12-8-7-9-13-17-19(15-11-6-4-2)25-27-21(23)29/h3-17H2,1-2H3,(H3,22,26,28)(H3,23,27,29)/b24-18-,25-19+. The van der Waals surface area contributed by atoms with Crippen LogP contribution >= 0.6 is 0 Å². The van der Waals surface area contributed by atoms with Crippen LogP contribution in [0.3, 0.4) is 0 Å². The summed E-state index contributed by atoms with van der Waals surface area (Å²) in [4.78, 5) is 21.7. The molecule has 0 atom stereocenters. The summed E-state index contributed by atoms with van der Waals surface area (Å²) in [6.07, 6.45) is 16.0. The number of amides is 4. The summed E-state index contributed by atoms with van der Waals surface area (Å²) in [5.74, 6) is 0. The molecule has 6 N–H and O–H groups in total. The van der Waals surface area contributed by atoms with Crippen molar-refractivity contribution in [3.8, 4) is 0 Å². The topological polar surface area (TPSA) is 135 Å². The third-order valence-corrected chi connectivity index (χ3v) is 4.72. The zero-order valence-corrected chi connectivity index (χ0v) is 18.5. The van der Waals surface area contributed by atoms with Gasteiger partial charge in [0.15, 0.2) is 0 Å². The van der Waals surface area contributed by atoms with E-state index in [2.05, 4.69) is 34.9 Å². The van der Waals surface area contributed by atoms with Gasteiger partial charge in [-0.2, -0.15) is 10.2 Å². The molecular formula is C21H42N6O2. The first-order valence-electron chi connectivity index (χ1n) is 11.2. The number of carbonyl (C=O) groups is 2. The molecule has 0 spiro atoms. The minimum absolute atomic E-state index is 0.611. The van der Waals surface area contributed by atoms with E-state index in [-0.39, 0.29) is 0 Å². The molecule has 4 amide bonds. The number of hydrazone groups is 2. The normalized spacial score (nSPS) is 12.1. The highest BCUT2D eigenvalue weighted by Gasteiger charge is 2.04. The molecule has 0 radical (unpaired) electrons. The van der Waals surface area contributed by atoms with E-state index in [1.807, 2.05) is 0 Å². The molecule has 0 saturated heterocycles. The smallest absolute Gasteiger partial charge is 0.332 e. The summed E-state index contributed by atoms with van der Waals surface area (Å²) in [6, 6.07) is -1.22. The van der Waals surface area contributed by atoms with Gasteiger partial charge in [0, 0.05) is 11.4 Å². The first-order valence-corrected chi connectivity index (χ1v) is 11.2. The zero-order chi connectivity index (χ0) is 21.7. The zero-order valence-electron chi connectivity index (χ0n) is 18.5. The van der Waals surface area contributed by atoms with Crippen LogP contribution in [-0.4, -0.2) is 23.5 Å². The summed E-state index contributed by atoms with van der Waals surface area (Å²) in [5.41, 5.74) is 17.0. The molecule has 0 fully saturated rings. The van der Waals surface area contributed by atoms with Crippen molar-refractivity contribution in [2.45, 2.75) is 110 Å². The van der Waals surface area contributed by atoms with Gasteiger partial charge in [-0.3, -0.25) is 0 Å². The van der Waals surface area contributed by atoms with Crippen molar-refractivity contribution in [2.75, 3.05) is 0 Å². The third kappa shape index (κ3) is 19.0. The first kappa shape index (κ1) is 26.9. The molecular weight excluding hydrogens is 368 g/mol. The number of rotatable bonds is 18. The molecule has 0 unspecified atom stereocenters. The molecule has 168 valence electrons. The molecule has 0 aromatic rings. The van der Waals surface area contributed by atoms with Crippen LogP contribution in [-0.2, 0) is 0 Å². The van der Waals surface area contributed by atoms with Crippen molar-refractivity contribution >= 4 is 23.5 Å². The van der Waals surface area contributed by atoms with Gasteiger partial charge in [0.05, 0.1) is 0 Å². The Morgan fingerprint density at radius 2 is 0.897 bits per heavy atom. The van der Waals surface area contributed by atoms with Gasteiger partial charge in [-0.25, -0.2) is 20.4 Å². The second-order valence-electron chi connectivity index (χ2n) is 7.49. The second-order valence-corrected chi connectivity index (χ2v) is 7.49. The van der Waals surface area contributed by atoms with E-state index in [0.29, 0.717) is 0 Å². The summed E-state index contributed by atoms with van der Waals surface area (Å²) < 4.78 is 0. The Morgan fingerprint density at radius 3 is 1.21 bits per heavy atom. The van der Waals surface area contributed by atoms with Crippen LogP contribution in [0.5, 0.6) is 0 Å². The first-order chi connectivity index (χ1) is 14.0. The van der Waals surface area contributed by atoms with Crippen LogP contribution in [0.1, 0.15) is 110 Å². The minimum Gasteiger partial charge on any atom is -0.350 e. The van der Waals surface area contributed by atoms with Gasteiger partial charge < -0.3 is 11.5 Å². The van der Waals surface area contributed by atoms with Crippen molar-refractivity contribution in [1.29, 1.82) is 0 Å². The lowest BCUT2D eigenvalue weighted by Gasteiger charge is -2.08. The maximum atomic E-state index is 10.9. The predicted octanol–water partition coefficient (Wildman–Crippen LogP) is 4.93. The number of urea groups is 2. The fraction of sp³-hybridized carbons (Fsp3) is 0.810. The van der Waals surface area contributed by atoms with Crippen molar-refractivity contribution in [1.82, 2.24) is 10.9 Å². The highest BCUT2D eigenvalue weighted by Crippen LogP contribution is 2.13. The second kappa shape index (κ2) is 19.2. The number of hydrogen-bond donors (Lipinski definition) is 4. The van der Waals surface area contributed by atoms with Crippen molar-refractivity contribution in [3.05, 3.63) is 0 Å². The lowest BCUT2D eigenvalue weighted by atomic mass is 10.0. The molecule has 0 heterocycles. The van der Waals surface area contributed by atoms with E-state index < -0.39 is 12.1 Å². The molecule has 0 bridgehead atoms. The number of nitrogens with two attached hydrogens (primary N) is 2. The Morgan fingerprint density at radius 1 is 0.586 bits per heavy atom. The Labute approximate surface area is 176 Å². The number of nitrogens with zero attached hydrogens (tertiary/aromatic N) is 2. The Bertz CT molecular complexity index is 461. The molecule has 0 aliphatic heterocycles. The number of carbonyl (C=O) groups excluding carboxylic acids is 2. The average Bonchev–Trinajstić information content (AvgIpc) is 2.68. The van der Waals surface area contributed by atoms with Crippen molar-refractivity contribution < 1.29 is 9.59 Å². The van der Waals surface area contributed by atoms with Gasteiger partial charge >= 0.3 is 12.1 Å². The Balaban J connectivity index is 4.09. The third-order valence-electron chi connectivity index (χ3n) is 4.72. The van der Waals surface area contributed by atoms with E-state index >= 15 is 0 Å². The van der Waals surface area contributed by atoms with E-state index in [9.17, 15) is 9.59 Å².